The third-order valence-electron chi connectivity index (χ3n) is 6.02. The number of hydrogen-bond acceptors (Lipinski definition) is 4. The van der Waals surface area contributed by atoms with Crippen molar-refractivity contribution in [2.45, 2.75) is 52.0 Å². The Hall–Kier alpha value is -3.25. The van der Waals surface area contributed by atoms with Gasteiger partial charge in [-0.05, 0) is 80.6 Å². The number of amides is 1. The first-order chi connectivity index (χ1) is 17.1. The van der Waals surface area contributed by atoms with E-state index < -0.39 is 0 Å². The molecule has 0 aliphatic heterocycles. The van der Waals surface area contributed by atoms with E-state index >= 15 is 0 Å². The highest BCUT2D eigenvalue weighted by Crippen LogP contribution is 2.22. The lowest BCUT2D eigenvalue weighted by molar-refractivity contribution is 0.0925. The first kappa shape index (κ1) is 24.9. The van der Waals surface area contributed by atoms with Gasteiger partial charge in [-0.15, -0.1) is 0 Å². The highest BCUT2D eigenvalue weighted by Gasteiger charge is 2.11. The van der Waals surface area contributed by atoms with E-state index in [9.17, 15) is 4.79 Å². The fourth-order valence-electron chi connectivity index (χ4n) is 4.12. The van der Waals surface area contributed by atoms with Crippen LogP contribution >= 0.6 is 11.6 Å². The Bertz CT molecular complexity index is 1230. The fraction of sp³-hybridized carbons (Fsp3) is 0.357. The van der Waals surface area contributed by atoms with Gasteiger partial charge in [0.05, 0.1) is 23.9 Å². The van der Waals surface area contributed by atoms with Crippen molar-refractivity contribution in [3.05, 3.63) is 83.0 Å². The van der Waals surface area contributed by atoms with Crippen molar-refractivity contribution in [3.63, 3.8) is 0 Å². The molecule has 4 rings (SSSR count). The van der Waals surface area contributed by atoms with E-state index in [2.05, 4.69) is 28.1 Å². The molecule has 2 aromatic carbocycles. The molecule has 0 atom stereocenters. The van der Waals surface area contributed by atoms with Crippen LogP contribution in [0.25, 0.3) is 11.0 Å². The van der Waals surface area contributed by atoms with Gasteiger partial charge >= 0.3 is 0 Å². The predicted octanol–water partition coefficient (Wildman–Crippen LogP) is 6.59. The lowest BCUT2D eigenvalue weighted by Crippen LogP contribution is -2.23. The third kappa shape index (κ3) is 6.89. The van der Waals surface area contributed by atoms with Crippen LogP contribution in [0.2, 0.25) is 5.02 Å². The highest BCUT2D eigenvalue weighted by molar-refractivity contribution is 6.31. The van der Waals surface area contributed by atoms with Crippen LogP contribution in [0.1, 0.15) is 54.0 Å². The minimum atomic E-state index is -0.160. The molecule has 0 bridgehead atoms. The maximum absolute atomic E-state index is 11.9. The van der Waals surface area contributed by atoms with Gasteiger partial charge in [0.1, 0.15) is 11.6 Å². The highest BCUT2D eigenvalue weighted by atomic mass is 35.5. The Labute approximate surface area is 211 Å². The molecule has 0 saturated heterocycles. The van der Waals surface area contributed by atoms with Crippen molar-refractivity contribution < 1.29 is 13.9 Å². The van der Waals surface area contributed by atoms with Gasteiger partial charge in [-0.2, -0.15) is 0 Å². The summed E-state index contributed by atoms with van der Waals surface area (Å²) in [6.07, 6.45) is 7.38. The average Bonchev–Trinajstić information content (AvgIpc) is 3.52. The van der Waals surface area contributed by atoms with E-state index in [1.54, 1.807) is 12.1 Å². The fourth-order valence-corrected chi connectivity index (χ4v) is 4.23. The Morgan fingerprint density at radius 3 is 2.77 bits per heavy atom. The molecule has 7 heteroatoms. The number of hydrogen-bond donors (Lipinski definition) is 1. The quantitative estimate of drug-likeness (QED) is 0.213. The smallest absolute Gasteiger partial charge is 0.286 e. The summed E-state index contributed by atoms with van der Waals surface area (Å²) in [5.41, 5.74) is 3.25. The van der Waals surface area contributed by atoms with Crippen LogP contribution in [0.3, 0.4) is 0 Å². The SMILES string of the molecule is Cc1cc(OCCCCn2c(CCCCCNC(=O)c3ccco3)nc3ccccc32)ccc1Cl. The zero-order valence-electron chi connectivity index (χ0n) is 20.1. The van der Waals surface area contributed by atoms with Crippen LogP contribution in [0, 0.1) is 6.92 Å². The van der Waals surface area contributed by atoms with E-state index in [0.717, 1.165) is 72.7 Å². The standard InChI is InChI=1S/C28H32ClN3O3/c1-21-20-22(14-15-23(21)29)34-18-8-7-17-32-25-11-5-4-10-24(25)31-27(32)13-3-2-6-16-30-28(33)26-12-9-19-35-26/h4-5,9-12,14-15,19-20H,2-3,6-8,13,16-18H2,1H3,(H,30,33). The Kier molecular flexibility index (Phi) is 8.85. The number of ether oxygens (including phenoxy) is 1. The molecular formula is C28H32ClN3O3. The molecule has 184 valence electrons. The van der Waals surface area contributed by atoms with Crippen molar-refractivity contribution in [2.75, 3.05) is 13.2 Å². The second kappa shape index (κ2) is 12.5. The van der Waals surface area contributed by atoms with Gasteiger partial charge in [0.2, 0.25) is 0 Å². The minimum absolute atomic E-state index is 0.160. The molecule has 0 spiro atoms. The van der Waals surface area contributed by atoms with E-state index in [0.29, 0.717) is 18.9 Å². The second-order valence-electron chi connectivity index (χ2n) is 8.68. The van der Waals surface area contributed by atoms with Gasteiger partial charge in [-0.25, -0.2) is 4.98 Å². The van der Waals surface area contributed by atoms with Crippen molar-refractivity contribution in [3.8, 4) is 5.75 Å². The number of carbonyl (C=O) groups is 1. The van der Waals surface area contributed by atoms with E-state index in [-0.39, 0.29) is 5.91 Å². The maximum Gasteiger partial charge on any atom is 0.286 e. The average molecular weight is 494 g/mol. The second-order valence-corrected chi connectivity index (χ2v) is 9.09. The summed E-state index contributed by atoms with van der Waals surface area (Å²) in [5, 5.41) is 3.66. The van der Waals surface area contributed by atoms with Crippen molar-refractivity contribution in [2.24, 2.45) is 0 Å². The molecule has 4 aromatic rings. The number of benzene rings is 2. The normalized spacial score (nSPS) is 11.1. The molecular weight excluding hydrogens is 462 g/mol. The zero-order valence-corrected chi connectivity index (χ0v) is 20.9. The van der Waals surface area contributed by atoms with Gasteiger partial charge in [0.25, 0.3) is 5.91 Å². The summed E-state index contributed by atoms with van der Waals surface area (Å²) >= 11 is 6.09. The number of fused-ring (bicyclic) bond motifs is 1. The molecule has 0 unspecified atom stereocenters. The first-order valence-corrected chi connectivity index (χ1v) is 12.6. The van der Waals surface area contributed by atoms with E-state index in [1.807, 2.05) is 31.2 Å². The number of nitrogens with one attached hydrogen (secondary N) is 1. The van der Waals surface area contributed by atoms with Crippen LogP contribution in [-0.4, -0.2) is 28.6 Å². The molecule has 0 radical (unpaired) electrons. The summed E-state index contributed by atoms with van der Waals surface area (Å²) in [6, 6.07) is 17.5. The number of para-hydroxylation sites is 2. The molecule has 6 nitrogen and oxygen atoms in total. The van der Waals surface area contributed by atoms with Crippen LogP contribution in [0.4, 0.5) is 0 Å². The molecule has 2 aromatic heterocycles. The number of rotatable bonds is 13. The Morgan fingerprint density at radius 1 is 1.06 bits per heavy atom. The Balaban J connectivity index is 1.22. The molecule has 0 aliphatic rings. The van der Waals surface area contributed by atoms with Gasteiger partial charge in [0, 0.05) is 24.5 Å². The molecule has 0 aliphatic carbocycles. The summed E-state index contributed by atoms with van der Waals surface area (Å²) in [4.78, 5) is 16.8. The molecule has 2 heterocycles. The van der Waals surface area contributed by atoms with Gasteiger partial charge in [0.15, 0.2) is 5.76 Å². The van der Waals surface area contributed by atoms with Gasteiger partial charge in [-0.1, -0.05) is 30.2 Å². The van der Waals surface area contributed by atoms with Crippen LogP contribution < -0.4 is 10.1 Å². The zero-order chi connectivity index (χ0) is 24.5. The van der Waals surface area contributed by atoms with E-state index in [1.165, 1.54) is 11.8 Å². The molecule has 1 N–H and O–H groups in total. The number of carbonyl (C=O) groups excluding carboxylic acids is 1. The molecule has 35 heavy (non-hydrogen) atoms. The Morgan fingerprint density at radius 2 is 1.94 bits per heavy atom. The summed E-state index contributed by atoms with van der Waals surface area (Å²) < 4.78 is 13.4. The van der Waals surface area contributed by atoms with Crippen molar-refractivity contribution >= 4 is 28.5 Å². The molecule has 0 saturated carbocycles. The van der Waals surface area contributed by atoms with Crippen LogP contribution in [0.5, 0.6) is 5.75 Å². The van der Waals surface area contributed by atoms with E-state index in [4.69, 9.17) is 25.7 Å². The number of nitrogens with zero attached hydrogens (tertiary/aromatic N) is 2. The van der Waals surface area contributed by atoms with Crippen molar-refractivity contribution in [1.29, 1.82) is 0 Å². The number of halogens is 1. The number of furan rings is 1. The molecule has 1 amide bonds. The van der Waals surface area contributed by atoms with Crippen LogP contribution in [-0.2, 0) is 13.0 Å². The number of aromatic nitrogens is 2. The third-order valence-corrected chi connectivity index (χ3v) is 6.44. The van der Waals surface area contributed by atoms with Crippen molar-refractivity contribution in [1.82, 2.24) is 14.9 Å². The van der Waals surface area contributed by atoms with Gasteiger partial charge in [-0.3, -0.25) is 4.79 Å². The monoisotopic (exact) mass is 493 g/mol. The maximum atomic E-state index is 11.9. The number of imidazole rings is 1. The molecule has 0 fully saturated rings. The minimum Gasteiger partial charge on any atom is -0.494 e. The first-order valence-electron chi connectivity index (χ1n) is 12.3. The lowest BCUT2D eigenvalue weighted by Gasteiger charge is -2.11. The largest absolute Gasteiger partial charge is 0.494 e. The predicted molar refractivity (Wildman–Crippen MR) is 139 cm³/mol. The summed E-state index contributed by atoms with van der Waals surface area (Å²) in [5.74, 6) is 2.18. The van der Waals surface area contributed by atoms with Gasteiger partial charge < -0.3 is 19.0 Å². The summed E-state index contributed by atoms with van der Waals surface area (Å²) in [7, 11) is 0. The topological polar surface area (TPSA) is 69.3 Å². The lowest BCUT2D eigenvalue weighted by atomic mass is 10.2. The number of unbranched alkanes of at least 4 members (excludes halogenated alkanes) is 3. The number of aryl methyl sites for hydroxylation is 3. The summed E-state index contributed by atoms with van der Waals surface area (Å²) in [6.45, 7) is 4.21. The van der Waals surface area contributed by atoms with Crippen LogP contribution in [0.15, 0.2) is 65.3 Å².